The SMILES string of the molecule is CC1=NCC(C(F)(F)F)=CN=C1. The Labute approximate surface area is 67.5 Å². The minimum atomic E-state index is -4.31. The first-order chi connectivity index (χ1) is 5.50. The van der Waals surface area contributed by atoms with Crippen LogP contribution in [-0.2, 0) is 0 Å². The molecule has 0 unspecified atom stereocenters. The second-order valence-electron chi connectivity index (χ2n) is 2.39. The Kier molecular flexibility index (Phi) is 2.30. The van der Waals surface area contributed by atoms with Crippen molar-refractivity contribution < 1.29 is 13.2 Å². The van der Waals surface area contributed by atoms with Crippen molar-refractivity contribution in [1.82, 2.24) is 0 Å². The van der Waals surface area contributed by atoms with Gasteiger partial charge in [-0.15, -0.1) is 0 Å². The molecule has 0 N–H and O–H groups in total. The van der Waals surface area contributed by atoms with Crippen LogP contribution < -0.4 is 0 Å². The fourth-order valence-corrected chi connectivity index (χ4v) is 0.689. The predicted octanol–water partition coefficient (Wildman–Crippen LogP) is 1.98. The third-order valence-electron chi connectivity index (χ3n) is 1.35. The van der Waals surface area contributed by atoms with Gasteiger partial charge in [0.2, 0.25) is 0 Å². The second kappa shape index (κ2) is 3.08. The molecule has 5 heteroatoms. The van der Waals surface area contributed by atoms with Gasteiger partial charge in [-0.2, -0.15) is 13.2 Å². The highest BCUT2D eigenvalue weighted by Crippen LogP contribution is 2.26. The monoisotopic (exact) mass is 176 g/mol. The Morgan fingerprint density at radius 1 is 1.42 bits per heavy atom. The Morgan fingerprint density at radius 3 is 2.67 bits per heavy atom. The molecule has 1 aliphatic heterocycles. The highest BCUT2D eigenvalue weighted by Gasteiger charge is 2.33. The van der Waals surface area contributed by atoms with Crippen LogP contribution in [0.5, 0.6) is 0 Å². The maximum Gasteiger partial charge on any atom is 0.415 e. The second-order valence-corrected chi connectivity index (χ2v) is 2.39. The zero-order valence-electron chi connectivity index (χ0n) is 6.39. The number of hydrogen-bond donors (Lipinski definition) is 0. The molecule has 0 aromatic rings. The first-order valence-corrected chi connectivity index (χ1v) is 3.30. The van der Waals surface area contributed by atoms with Crippen molar-refractivity contribution in [3.05, 3.63) is 11.8 Å². The summed E-state index contributed by atoms with van der Waals surface area (Å²) >= 11 is 0. The summed E-state index contributed by atoms with van der Waals surface area (Å²) in [6.45, 7) is 1.27. The van der Waals surface area contributed by atoms with Crippen molar-refractivity contribution in [3.63, 3.8) is 0 Å². The van der Waals surface area contributed by atoms with Gasteiger partial charge in [-0.25, -0.2) is 0 Å². The average molecular weight is 176 g/mol. The van der Waals surface area contributed by atoms with Gasteiger partial charge in [0.15, 0.2) is 0 Å². The summed E-state index contributed by atoms with van der Waals surface area (Å²) in [6, 6.07) is 0. The van der Waals surface area contributed by atoms with Crippen LogP contribution in [0.2, 0.25) is 0 Å². The van der Waals surface area contributed by atoms with Gasteiger partial charge < -0.3 is 0 Å². The number of halogens is 3. The van der Waals surface area contributed by atoms with E-state index >= 15 is 0 Å². The number of nitrogens with zero attached hydrogens (tertiary/aromatic N) is 2. The minimum absolute atomic E-state index is 0.338. The molecule has 0 saturated carbocycles. The summed E-state index contributed by atoms with van der Waals surface area (Å²) in [6.07, 6.45) is -2.20. The average Bonchev–Trinajstić information content (AvgIpc) is 2.11. The summed E-state index contributed by atoms with van der Waals surface area (Å²) in [5, 5.41) is 0. The summed E-state index contributed by atoms with van der Waals surface area (Å²) in [4.78, 5) is 7.11. The Balaban J connectivity index is 2.84. The molecule has 1 heterocycles. The first kappa shape index (κ1) is 8.96. The van der Waals surface area contributed by atoms with E-state index in [1.807, 2.05) is 0 Å². The van der Waals surface area contributed by atoms with Gasteiger partial charge in [-0.1, -0.05) is 0 Å². The number of alkyl halides is 3. The summed E-state index contributed by atoms with van der Waals surface area (Å²) in [5.74, 6) is 0. The van der Waals surface area contributed by atoms with E-state index in [9.17, 15) is 13.2 Å². The molecule has 1 rings (SSSR count). The van der Waals surface area contributed by atoms with Gasteiger partial charge in [0.25, 0.3) is 0 Å². The van der Waals surface area contributed by atoms with Gasteiger partial charge in [0, 0.05) is 12.4 Å². The van der Waals surface area contributed by atoms with Crippen molar-refractivity contribution in [2.24, 2.45) is 9.98 Å². The molecular formula is C7H7F3N2. The molecule has 0 spiro atoms. The van der Waals surface area contributed by atoms with E-state index in [0.29, 0.717) is 5.71 Å². The smallest absolute Gasteiger partial charge is 0.284 e. The standard InChI is InChI=1S/C7H7F3N2/c1-5-2-11-3-6(4-12-5)7(8,9)10/h2-3H,4H2,1H3. The van der Waals surface area contributed by atoms with Gasteiger partial charge in [-0.05, 0) is 6.92 Å². The topological polar surface area (TPSA) is 24.7 Å². The van der Waals surface area contributed by atoms with Crippen LogP contribution in [0.4, 0.5) is 13.2 Å². The van der Waals surface area contributed by atoms with Gasteiger partial charge in [0.05, 0.1) is 17.8 Å². The molecular weight excluding hydrogens is 169 g/mol. The van der Waals surface area contributed by atoms with E-state index < -0.39 is 11.7 Å². The van der Waals surface area contributed by atoms with E-state index in [-0.39, 0.29) is 6.54 Å². The molecule has 0 amide bonds. The zero-order valence-corrected chi connectivity index (χ0v) is 6.39. The van der Waals surface area contributed by atoms with E-state index in [1.165, 1.54) is 6.21 Å². The summed E-state index contributed by atoms with van der Waals surface area (Å²) < 4.78 is 36.1. The Bertz CT molecular complexity index is 258. The first-order valence-electron chi connectivity index (χ1n) is 3.30. The Hall–Kier alpha value is -1.13. The minimum Gasteiger partial charge on any atom is -0.284 e. The fourth-order valence-electron chi connectivity index (χ4n) is 0.689. The highest BCUT2D eigenvalue weighted by molar-refractivity contribution is 6.29. The van der Waals surface area contributed by atoms with Crippen LogP contribution in [-0.4, -0.2) is 24.6 Å². The quantitative estimate of drug-likeness (QED) is 0.539. The zero-order chi connectivity index (χ0) is 9.19. The van der Waals surface area contributed by atoms with E-state index in [0.717, 1.165) is 6.20 Å². The maximum atomic E-state index is 12.0. The van der Waals surface area contributed by atoms with E-state index in [1.54, 1.807) is 6.92 Å². The largest absolute Gasteiger partial charge is 0.415 e. The third kappa shape index (κ3) is 2.18. The van der Waals surface area contributed by atoms with Crippen molar-refractivity contribution in [2.75, 3.05) is 6.54 Å². The van der Waals surface area contributed by atoms with E-state index in [4.69, 9.17) is 0 Å². The Morgan fingerprint density at radius 2 is 2.08 bits per heavy atom. The number of hydrogen-bond acceptors (Lipinski definition) is 2. The molecule has 66 valence electrons. The molecule has 0 bridgehead atoms. The highest BCUT2D eigenvalue weighted by atomic mass is 19.4. The molecule has 1 aliphatic rings. The van der Waals surface area contributed by atoms with Crippen LogP contribution in [0.25, 0.3) is 0 Å². The van der Waals surface area contributed by atoms with Gasteiger partial charge >= 0.3 is 6.18 Å². The summed E-state index contributed by atoms with van der Waals surface area (Å²) in [5.41, 5.74) is -0.207. The normalized spacial score (nSPS) is 18.3. The van der Waals surface area contributed by atoms with Gasteiger partial charge in [-0.3, -0.25) is 9.98 Å². The molecule has 0 aliphatic carbocycles. The van der Waals surface area contributed by atoms with Crippen LogP contribution >= 0.6 is 0 Å². The number of rotatable bonds is 0. The molecule has 0 fully saturated rings. The molecule has 0 radical (unpaired) electrons. The molecule has 12 heavy (non-hydrogen) atoms. The maximum absolute atomic E-state index is 12.0. The van der Waals surface area contributed by atoms with Crippen LogP contribution in [0.3, 0.4) is 0 Å². The lowest BCUT2D eigenvalue weighted by molar-refractivity contribution is -0.0922. The molecule has 0 aromatic carbocycles. The molecule has 0 aromatic heterocycles. The lowest BCUT2D eigenvalue weighted by atomic mass is 10.3. The molecule has 0 saturated heterocycles. The van der Waals surface area contributed by atoms with Crippen LogP contribution in [0, 0.1) is 0 Å². The fraction of sp³-hybridized carbons (Fsp3) is 0.429. The van der Waals surface area contributed by atoms with E-state index in [2.05, 4.69) is 9.98 Å². The molecule has 2 nitrogen and oxygen atoms in total. The molecule has 0 atom stereocenters. The predicted molar refractivity (Wildman–Crippen MR) is 40.6 cm³/mol. The number of aliphatic imine (C=N–C) groups is 2. The van der Waals surface area contributed by atoms with Gasteiger partial charge in [0.1, 0.15) is 0 Å². The summed E-state index contributed by atoms with van der Waals surface area (Å²) in [7, 11) is 0. The lowest BCUT2D eigenvalue weighted by Gasteiger charge is -2.06. The van der Waals surface area contributed by atoms with Crippen molar-refractivity contribution in [2.45, 2.75) is 13.1 Å². The van der Waals surface area contributed by atoms with Crippen LogP contribution in [0.15, 0.2) is 21.8 Å². The lowest BCUT2D eigenvalue weighted by Crippen LogP contribution is -2.14. The van der Waals surface area contributed by atoms with Crippen molar-refractivity contribution in [1.29, 1.82) is 0 Å². The third-order valence-corrected chi connectivity index (χ3v) is 1.35. The van der Waals surface area contributed by atoms with Crippen LogP contribution in [0.1, 0.15) is 6.92 Å². The van der Waals surface area contributed by atoms with Crippen molar-refractivity contribution in [3.8, 4) is 0 Å². The van der Waals surface area contributed by atoms with Crippen molar-refractivity contribution >= 4 is 11.9 Å².